The van der Waals surface area contributed by atoms with Crippen LogP contribution in [0.2, 0.25) is 0 Å². The molecule has 3 rings (SSSR count). The van der Waals surface area contributed by atoms with E-state index in [1.54, 1.807) is 0 Å². The Labute approximate surface area is 158 Å². The number of hydrogen-bond acceptors (Lipinski definition) is 3. The fourth-order valence-corrected chi connectivity index (χ4v) is 3.82. The molecule has 1 saturated carbocycles. The Hall–Kier alpha value is -2.19. The summed E-state index contributed by atoms with van der Waals surface area (Å²) in [5.74, 6) is 1.24. The van der Waals surface area contributed by atoms with Crippen molar-refractivity contribution in [2.45, 2.75) is 58.2 Å². The van der Waals surface area contributed by atoms with E-state index in [9.17, 15) is 13.6 Å². The first-order valence-electron chi connectivity index (χ1n) is 9.72. The number of carbonyl (C=O) groups is 1. The van der Waals surface area contributed by atoms with Gasteiger partial charge in [-0.3, -0.25) is 9.36 Å². The third-order valence-corrected chi connectivity index (χ3v) is 5.23. The number of amides is 1. The number of nitrogens with zero attached hydrogens (tertiary/aromatic N) is 4. The van der Waals surface area contributed by atoms with Crippen molar-refractivity contribution in [1.29, 1.82) is 0 Å². The van der Waals surface area contributed by atoms with Gasteiger partial charge in [0, 0.05) is 44.0 Å². The number of guanidine groups is 1. The van der Waals surface area contributed by atoms with Crippen molar-refractivity contribution in [3.05, 3.63) is 18.2 Å². The average molecular weight is 382 g/mol. The third-order valence-electron chi connectivity index (χ3n) is 5.23. The topological polar surface area (TPSA) is 74.6 Å². The van der Waals surface area contributed by atoms with Crippen LogP contribution in [-0.4, -0.2) is 52.0 Å². The van der Waals surface area contributed by atoms with Gasteiger partial charge in [0.05, 0.1) is 0 Å². The van der Waals surface area contributed by atoms with Gasteiger partial charge in [0.1, 0.15) is 12.4 Å². The molecule has 0 radical (unpaired) electrons. The predicted octanol–water partition coefficient (Wildman–Crippen LogP) is 2.12. The van der Waals surface area contributed by atoms with E-state index in [1.807, 2.05) is 11.8 Å². The van der Waals surface area contributed by atoms with Crippen LogP contribution in [0.5, 0.6) is 0 Å². The minimum Gasteiger partial charge on any atom is -0.357 e. The summed E-state index contributed by atoms with van der Waals surface area (Å²) in [6.45, 7) is 1.45. The van der Waals surface area contributed by atoms with Gasteiger partial charge in [0.2, 0.25) is 5.91 Å². The number of aromatic nitrogens is 2. The van der Waals surface area contributed by atoms with Crippen LogP contribution in [0, 0.1) is 5.92 Å². The van der Waals surface area contributed by atoms with Gasteiger partial charge in [-0.1, -0.05) is 12.8 Å². The Morgan fingerprint density at radius 1 is 1.37 bits per heavy atom. The average Bonchev–Trinajstić information content (AvgIpc) is 3.40. The number of hydrogen-bond donors (Lipinski definition) is 2. The molecule has 1 atom stereocenters. The summed E-state index contributed by atoms with van der Waals surface area (Å²) in [4.78, 5) is 22.8. The van der Waals surface area contributed by atoms with E-state index in [0.29, 0.717) is 19.0 Å². The second-order valence-corrected chi connectivity index (χ2v) is 7.12. The first-order valence-corrected chi connectivity index (χ1v) is 9.72. The second-order valence-electron chi connectivity index (χ2n) is 7.12. The Kier molecular flexibility index (Phi) is 6.63. The predicted molar refractivity (Wildman–Crippen MR) is 98.4 cm³/mol. The van der Waals surface area contributed by atoms with E-state index in [-0.39, 0.29) is 30.2 Å². The quantitative estimate of drug-likeness (QED) is 0.584. The van der Waals surface area contributed by atoms with Crippen LogP contribution in [0.3, 0.4) is 0 Å². The van der Waals surface area contributed by atoms with Gasteiger partial charge in [0.15, 0.2) is 5.96 Å². The van der Waals surface area contributed by atoms with Gasteiger partial charge in [-0.05, 0) is 26.2 Å². The molecule has 2 aliphatic rings. The summed E-state index contributed by atoms with van der Waals surface area (Å²) in [7, 11) is 0. The van der Waals surface area contributed by atoms with E-state index < -0.39 is 6.55 Å². The van der Waals surface area contributed by atoms with Crippen molar-refractivity contribution < 1.29 is 13.6 Å². The molecule has 2 N–H and O–H groups in total. The number of nitrogens with one attached hydrogen (secondary N) is 2. The van der Waals surface area contributed by atoms with Crippen LogP contribution >= 0.6 is 0 Å². The second kappa shape index (κ2) is 9.14. The van der Waals surface area contributed by atoms with Crippen LogP contribution < -0.4 is 10.6 Å². The molecule has 1 amide bonds. The molecule has 9 heteroatoms. The number of halogens is 2. The van der Waals surface area contributed by atoms with E-state index >= 15 is 0 Å². The van der Waals surface area contributed by atoms with E-state index in [1.165, 1.54) is 12.4 Å². The minimum atomic E-state index is -2.63. The molecule has 0 spiro atoms. The zero-order valence-electron chi connectivity index (χ0n) is 15.7. The number of aliphatic imine (C=N–C) groups is 1. The van der Waals surface area contributed by atoms with Gasteiger partial charge >= 0.3 is 6.55 Å². The van der Waals surface area contributed by atoms with Gasteiger partial charge in [-0.15, -0.1) is 0 Å². The highest BCUT2D eigenvalue weighted by atomic mass is 19.3. The molecule has 1 aromatic rings. The SMILES string of the molecule is CCNC(=NCc1nccn1C(F)F)NC1CCN(C(=O)C2CCCC2)C1. The van der Waals surface area contributed by atoms with Crippen molar-refractivity contribution in [2.24, 2.45) is 10.9 Å². The van der Waals surface area contributed by atoms with Crippen LogP contribution in [0.1, 0.15) is 51.4 Å². The van der Waals surface area contributed by atoms with Crippen molar-refractivity contribution in [3.8, 4) is 0 Å². The lowest BCUT2D eigenvalue weighted by Gasteiger charge is -2.21. The number of alkyl halides is 2. The zero-order valence-corrected chi connectivity index (χ0v) is 15.7. The maximum absolute atomic E-state index is 12.9. The molecule has 27 heavy (non-hydrogen) atoms. The Morgan fingerprint density at radius 3 is 2.85 bits per heavy atom. The lowest BCUT2D eigenvalue weighted by molar-refractivity contribution is -0.134. The van der Waals surface area contributed by atoms with E-state index in [4.69, 9.17) is 0 Å². The molecular formula is C18H28F2N6O. The molecule has 150 valence electrons. The fourth-order valence-electron chi connectivity index (χ4n) is 3.82. The van der Waals surface area contributed by atoms with Crippen LogP contribution in [0.15, 0.2) is 17.4 Å². The first kappa shape index (κ1) is 19.6. The summed E-state index contributed by atoms with van der Waals surface area (Å²) >= 11 is 0. The molecule has 2 heterocycles. The highest BCUT2D eigenvalue weighted by Gasteiger charge is 2.32. The number of imidazole rings is 1. The highest BCUT2D eigenvalue weighted by molar-refractivity contribution is 5.81. The Balaban J connectivity index is 1.56. The largest absolute Gasteiger partial charge is 0.357 e. The Bertz CT molecular complexity index is 656. The molecule has 2 fully saturated rings. The summed E-state index contributed by atoms with van der Waals surface area (Å²) in [5.41, 5.74) is 0. The van der Waals surface area contributed by atoms with Crippen molar-refractivity contribution in [2.75, 3.05) is 19.6 Å². The van der Waals surface area contributed by atoms with Crippen LogP contribution in [-0.2, 0) is 11.3 Å². The van der Waals surface area contributed by atoms with Crippen LogP contribution in [0.25, 0.3) is 0 Å². The summed E-state index contributed by atoms with van der Waals surface area (Å²) < 4.78 is 26.6. The summed E-state index contributed by atoms with van der Waals surface area (Å²) in [6, 6.07) is 0.114. The van der Waals surface area contributed by atoms with E-state index in [0.717, 1.165) is 43.2 Å². The molecule has 0 aromatic carbocycles. The fraction of sp³-hybridized carbons (Fsp3) is 0.722. The monoisotopic (exact) mass is 382 g/mol. The van der Waals surface area contributed by atoms with Crippen molar-refractivity contribution >= 4 is 11.9 Å². The normalized spacial score (nSPS) is 21.3. The van der Waals surface area contributed by atoms with Crippen LogP contribution in [0.4, 0.5) is 8.78 Å². The molecular weight excluding hydrogens is 354 g/mol. The van der Waals surface area contributed by atoms with Gasteiger partial charge in [0.25, 0.3) is 0 Å². The number of carbonyl (C=O) groups excluding carboxylic acids is 1. The molecule has 1 aromatic heterocycles. The maximum Gasteiger partial charge on any atom is 0.319 e. The standard InChI is InChI=1S/C18H28F2N6O/c1-2-21-18(23-11-15-22-8-10-26(15)17(19)20)24-14-7-9-25(12-14)16(27)13-5-3-4-6-13/h8,10,13-14,17H,2-7,9,11-12H2,1H3,(H2,21,23,24). The first-order chi connectivity index (χ1) is 13.1. The summed E-state index contributed by atoms with van der Waals surface area (Å²) in [6.07, 6.45) is 7.77. The zero-order chi connectivity index (χ0) is 19.2. The number of likely N-dealkylation sites (tertiary alicyclic amines) is 1. The summed E-state index contributed by atoms with van der Waals surface area (Å²) in [5, 5.41) is 6.45. The molecule has 7 nitrogen and oxygen atoms in total. The highest BCUT2D eigenvalue weighted by Crippen LogP contribution is 2.27. The molecule has 1 aliphatic heterocycles. The third kappa shape index (κ3) is 4.95. The number of rotatable bonds is 6. The van der Waals surface area contributed by atoms with Gasteiger partial charge in [-0.25, -0.2) is 9.98 Å². The van der Waals surface area contributed by atoms with Gasteiger partial charge in [-0.2, -0.15) is 8.78 Å². The smallest absolute Gasteiger partial charge is 0.319 e. The van der Waals surface area contributed by atoms with Gasteiger partial charge < -0.3 is 15.5 Å². The van der Waals surface area contributed by atoms with E-state index in [2.05, 4.69) is 20.6 Å². The molecule has 0 bridgehead atoms. The molecule has 1 aliphatic carbocycles. The molecule has 1 saturated heterocycles. The Morgan fingerprint density at radius 2 is 2.15 bits per heavy atom. The lowest BCUT2D eigenvalue weighted by atomic mass is 10.1. The molecule has 1 unspecified atom stereocenters. The minimum absolute atomic E-state index is 0.0596. The maximum atomic E-state index is 12.9. The lowest BCUT2D eigenvalue weighted by Crippen LogP contribution is -2.45. The van der Waals surface area contributed by atoms with Crippen molar-refractivity contribution in [1.82, 2.24) is 25.1 Å². The van der Waals surface area contributed by atoms with Crippen molar-refractivity contribution in [3.63, 3.8) is 0 Å².